The maximum absolute atomic E-state index is 14.7. The summed E-state index contributed by atoms with van der Waals surface area (Å²) in [5, 5.41) is 10.9. The van der Waals surface area contributed by atoms with Gasteiger partial charge in [-0.25, -0.2) is 41.5 Å². The molecule has 0 bridgehead atoms. The molecule has 1 aromatic carbocycles. The number of carbonyl (C=O) groups excluding carboxylic acids is 1. The van der Waals surface area contributed by atoms with Crippen molar-refractivity contribution >= 4 is 23.2 Å². The fourth-order valence-corrected chi connectivity index (χ4v) is 3.91. The summed E-state index contributed by atoms with van der Waals surface area (Å²) in [7, 11) is 0. The molecule has 0 spiro atoms. The Kier molecular flexibility index (Phi) is 5.78. The number of imidazole rings is 1. The molecular formula is C22H19F4N9O. The Bertz CT molecular complexity index is 1500. The number of nitrogens with zero attached hydrogens (tertiary/aromatic N) is 7. The molecule has 1 aliphatic heterocycles. The molecule has 5 rings (SSSR count). The molecule has 4 aromatic rings. The lowest BCUT2D eigenvalue weighted by atomic mass is 10.1. The van der Waals surface area contributed by atoms with Crippen LogP contribution in [-0.2, 0) is 0 Å². The van der Waals surface area contributed by atoms with Crippen molar-refractivity contribution in [2.24, 2.45) is 0 Å². The van der Waals surface area contributed by atoms with Crippen molar-refractivity contribution in [1.82, 2.24) is 34.3 Å². The van der Waals surface area contributed by atoms with Crippen molar-refractivity contribution in [2.75, 3.05) is 24.1 Å². The molecule has 186 valence electrons. The van der Waals surface area contributed by atoms with Gasteiger partial charge in [0.2, 0.25) is 0 Å². The van der Waals surface area contributed by atoms with Gasteiger partial charge in [-0.15, -0.1) is 0 Å². The zero-order chi connectivity index (χ0) is 25.6. The molecule has 1 unspecified atom stereocenters. The van der Waals surface area contributed by atoms with Gasteiger partial charge in [-0.1, -0.05) is 6.08 Å². The van der Waals surface area contributed by atoms with Crippen LogP contribution in [0.1, 0.15) is 5.56 Å². The van der Waals surface area contributed by atoms with Crippen molar-refractivity contribution in [2.45, 2.75) is 19.5 Å². The molecule has 0 aliphatic carbocycles. The third-order valence-electron chi connectivity index (χ3n) is 5.79. The van der Waals surface area contributed by atoms with Crippen LogP contribution in [0.3, 0.4) is 0 Å². The molecule has 14 heteroatoms. The van der Waals surface area contributed by atoms with E-state index in [1.807, 2.05) is 0 Å². The van der Waals surface area contributed by atoms with E-state index in [4.69, 9.17) is 5.73 Å². The summed E-state index contributed by atoms with van der Waals surface area (Å²) in [4.78, 5) is 21.8. The van der Waals surface area contributed by atoms with Crippen LogP contribution in [0, 0.1) is 12.7 Å². The second kappa shape index (κ2) is 8.94. The number of nitrogens with one attached hydrogen (secondary N) is 1. The molecular weight excluding hydrogens is 482 g/mol. The van der Waals surface area contributed by atoms with E-state index in [0.29, 0.717) is 28.2 Å². The van der Waals surface area contributed by atoms with E-state index >= 15 is 0 Å². The minimum atomic E-state index is -3.18. The Morgan fingerprint density at radius 3 is 2.75 bits per heavy atom. The number of amides is 2. The number of alkyl halides is 3. The van der Waals surface area contributed by atoms with Gasteiger partial charge < -0.3 is 16.0 Å². The fraction of sp³-hybridized carbons (Fsp3) is 0.227. The number of hydrogen-bond donors (Lipinski definition) is 2. The number of nitrogens with two attached hydrogens (primary N) is 1. The highest BCUT2D eigenvalue weighted by Gasteiger charge is 2.30. The Labute approximate surface area is 201 Å². The quantitative estimate of drug-likeness (QED) is 0.320. The summed E-state index contributed by atoms with van der Waals surface area (Å²) in [6.45, 7) is 1.30. The van der Waals surface area contributed by atoms with Crippen molar-refractivity contribution < 1.29 is 22.4 Å². The summed E-state index contributed by atoms with van der Waals surface area (Å²) >= 11 is 0. The lowest BCUT2D eigenvalue weighted by Gasteiger charge is -2.19. The molecule has 1 atom stereocenters. The molecule has 3 aromatic heterocycles. The van der Waals surface area contributed by atoms with Gasteiger partial charge in [-0.3, -0.25) is 0 Å². The Hall–Kier alpha value is -4.49. The van der Waals surface area contributed by atoms with E-state index in [9.17, 15) is 22.4 Å². The van der Waals surface area contributed by atoms with Gasteiger partial charge in [-0.05, 0) is 30.2 Å². The predicted molar refractivity (Wildman–Crippen MR) is 122 cm³/mol. The number of halogens is 4. The van der Waals surface area contributed by atoms with Gasteiger partial charge >= 0.3 is 6.03 Å². The molecule has 0 saturated heterocycles. The van der Waals surface area contributed by atoms with Gasteiger partial charge in [0, 0.05) is 24.8 Å². The van der Waals surface area contributed by atoms with E-state index in [2.05, 4.69) is 25.5 Å². The summed E-state index contributed by atoms with van der Waals surface area (Å²) in [5.74, 6) is -0.482. The van der Waals surface area contributed by atoms with Crippen molar-refractivity contribution in [1.29, 1.82) is 0 Å². The van der Waals surface area contributed by atoms with Gasteiger partial charge in [0.05, 0.1) is 29.5 Å². The zero-order valence-electron chi connectivity index (χ0n) is 18.7. The van der Waals surface area contributed by atoms with Gasteiger partial charge in [-0.2, -0.15) is 10.2 Å². The van der Waals surface area contributed by atoms with Crippen LogP contribution >= 0.6 is 0 Å². The van der Waals surface area contributed by atoms with Crippen LogP contribution in [0.25, 0.3) is 22.6 Å². The first-order valence-electron chi connectivity index (χ1n) is 10.7. The van der Waals surface area contributed by atoms with Crippen LogP contribution in [0.15, 0.2) is 48.7 Å². The SMILES string of the molecule is Cc1cc(F)c(NC(=O)N2CC=C(C(F)C(F)F)C2)cc1-n1cc(-c2cnc3c(N)ncnn23)cn1. The molecule has 3 N–H and O–H groups in total. The first-order chi connectivity index (χ1) is 17.2. The van der Waals surface area contributed by atoms with E-state index in [1.165, 1.54) is 33.7 Å². The Morgan fingerprint density at radius 1 is 1.17 bits per heavy atom. The minimum absolute atomic E-state index is 0.0649. The van der Waals surface area contributed by atoms with Crippen LogP contribution in [0.2, 0.25) is 0 Å². The highest BCUT2D eigenvalue weighted by atomic mass is 19.3. The van der Waals surface area contributed by atoms with Crippen LogP contribution in [0.5, 0.6) is 0 Å². The summed E-state index contributed by atoms with van der Waals surface area (Å²) in [6, 6.07) is 1.88. The van der Waals surface area contributed by atoms with Crippen molar-refractivity contribution in [3.63, 3.8) is 0 Å². The number of aromatic nitrogens is 6. The lowest BCUT2D eigenvalue weighted by Crippen LogP contribution is -2.34. The van der Waals surface area contributed by atoms with Crippen molar-refractivity contribution in [3.8, 4) is 16.9 Å². The number of fused-ring (bicyclic) bond motifs is 1. The van der Waals surface area contributed by atoms with Crippen molar-refractivity contribution in [3.05, 3.63) is 60.1 Å². The predicted octanol–water partition coefficient (Wildman–Crippen LogP) is 3.38. The van der Waals surface area contributed by atoms with Gasteiger partial charge in [0.15, 0.2) is 17.6 Å². The number of anilines is 2. The molecule has 4 heterocycles. The normalized spacial score (nSPS) is 14.5. The zero-order valence-corrected chi connectivity index (χ0v) is 18.7. The van der Waals surface area contributed by atoms with Crippen LogP contribution in [-0.4, -0.2) is 66.0 Å². The number of nitrogen functional groups attached to an aromatic ring is 1. The number of hydrogen-bond acceptors (Lipinski definition) is 6. The Morgan fingerprint density at radius 2 is 1.97 bits per heavy atom. The van der Waals surface area contributed by atoms with E-state index in [-0.39, 0.29) is 30.2 Å². The van der Waals surface area contributed by atoms with Crippen LogP contribution < -0.4 is 11.1 Å². The summed E-state index contributed by atoms with van der Waals surface area (Å²) < 4.78 is 56.5. The van der Waals surface area contributed by atoms with E-state index in [0.717, 1.165) is 4.90 Å². The Balaban J connectivity index is 1.38. The highest BCUT2D eigenvalue weighted by molar-refractivity contribution is 5.90. The minimum Gasteiger partial charge on any atom is -0.381 e. The number of benzene rings is 1. The average Bonchev–Trinajstić information content (AvgIpc) is 3.60. The maximum Gasteiger partial charge on any atom is 0.322 e. The molecule has 0 radical (unpaired) electrons. The van der Waals surface area contributed by atoms with Crippen LogP contribution in [0.4, 0.5) is 33.9 Å². The third kappa shape index (κ3) is 4.10. The first-order valence-corrected chi connectivity index (χ1v) is 10.7. The first kappa shape index (κ1) is 23.3. The second-order valence-corrected chi connectivity index (χ2v) is 8.14. The average molecular weight is 501 g/mol. The second-order valence-electron chi connectivity index (χ2n) is 8.14. The smallest absolute Gasteiger partial charge is 0.322 e. The maximum atomic E-state index is 14.7. The largest absolute Gasteiger partial charge is 0.381 e. The van der Waals surface area contributed by atoms with Gasteiger partial charge in [0.1, 0.15) is 12.1 Å². The number of aryl methyl sites for hydroxylation is 1. The number of carbonyl (C=O) groups is 1. The molecule has 2 amide bonds. The topological polar surface area (TPSA) is 119 Å². The number of urea groups is 1. The highest BCUT2D eigenvalue weighted by Crippen LogP contribution is 2.27. The molecule has 0 fully saturated rings. The summed E-state index contributed by atoms with van der Waals surface area (Å²) in [6.07, 6.45) is 1.72. The standard InChI is InChI=1S/C22H19F4N9O/c1-11-4-14(23)15(32-22(36)33-3-2-12(8-33)18(24)19(25)26)5-16(11)34-9-13(6-30-34)17-7-28-21-20(27)29-10-31-35(17)21/h2,4-7,9-10,18-19H,3,8H2,1H3,(H,32,36)(H2,27,29,31). The molecule has 10 nitrogen and oxygen atoms in total. The third-order valence-corrected chi connectivity index (χ3v) is 5.79. The molecule has 0 saturated carbocycles. The van der Waals surface area contributed by atoms with Gasteiger partial charge in [0.25, 0.3) is 6.43 Å². The monoisotopic (exact) mass is 501 g/mol. The van der Waals surface area contributed by atoms with E-state index < -0.39 is 24.4 Å². The fourth-order valence-electron chi connectivity index (χ4n) is 3.91. The molecule has 36 heavy (non-hydrogen) atoms. The summed E-state index contributed by atoms with van der Waals surface area (Å²) in [5.41, 5.74) is 8.14. The van der Waals surface area contributed by atoms with E-state index in [1.54, 1.807) is 25.5 Å². The lowest BCUT2D eigenvalue weighted by molar-refractivity contribution is 0.0676. The number of rotatable bonds is 5. The molecule has 1 aliphatic rings.